The average Bonchev–Trinajstić information content (AvgIpc) is 2.43. The quantitative estimate of drug-likeness (QED) is 0.850. The van der Waals surface area contributed by atoms with E-state index in [0.717, 1.165) is 5.56 Å². The summed E-state index contributed by atoms with van der Waals surface area (Å²) in [5.41, 5.74) is 7.88. The van der Waals surface area contributed by atoms with Crippen LogP contribution in [-0.2, 0) is 4.79 Å². The molecule has 0 spiro atoms. The number of hydrogen-bond acceptors (Lipinski definition) is 3. The number of nitrogen functional groups attached to an aromatic ring is 1. The molecule has 5 heteroatoms. The van der Waals surface area contributed by atoms with Gasteiger partial charge in [-0.25, -0.2) is 0 Å². The molecular weight excluding hydrogens is 276 g/mol. The molecule has 0 aromatic heterocycles. The lowest BCUT2D eigenvalue weighted by Gasteiger charge is -2.09. The molecule has 3 N–H and O–H groups in total. The highest BCUT2D eigenvalue weighted by atomic mass is 35.5. The number of carbonyl (C=O) groups excluding carboxylic acids is 1. The monoisotopic (exact) mass is 290 g/mol. The second-order valence-corrected chi connectivity index (χ2v) is 4.74. The fourth-order valence-corrected chi connectivity index (χ4v) is 1.82. The Hall–Kier alpha value is -2.20. The summed E-state index contributed by atoms with van der Waals surface area (Å²) in [7, 11) is 0. The minimum atomic E-state index is -0.271. The zero-order valence-corrected chi connectivity index (χ0v) is 11.8. The number of amides is 1. The number of carbonyl (C=O) groups is 1. The van der Waals surface area contributed by atoms with E-state index < -0.39 is 0 Å². The van der Waals surface area contributed by atoms with Crippen molar-refractivity contribution in [1.82, 2.24) is 0 Å². The van der Waals surface area contributed by atoms with Gasteiger partial charge in [0.1, 0.15) is 5.75 Å². The highest BCUT2D eigenvalue weighted by Crippen LogP contribution is 2.21. The molecule has 2 rings (SSSR count). The standard InChI is InChI=1S/C15H15ClN2O2/c1-10-8-11(6-7-13(10)17)20-9-15(19)18-14-5-3-2-4-12(14)16/h2-8H,9,17H2,1H3,(H,18,19). The fourth-order valence-electron chi connectivity index (χ4n) is 1.64. The molecule has 0 bridgehead atoms. The zero-order valence-electron chi connectivity index (χ0n) is 11.0. The predicted molar refractivity (Wildman–Crippen MR) is 81.2 cm³/mol. The number of rotatable bonds is 4. The molecule has 0 saturated heterocycles. The first-order valence-corrected chi connectivity index (χ1v) is 6.47. The molecule has 2 aromatic rings. The van der Waals surface area contributed by atoms with Gasteiger partial charge in [-0.1, -0.05) is 23.7 Å². The van der Waals surface area contributed by atoms with Crippen molar-refractivity contribution < 1.29 is 9.53 Å². The number of anilines is 2. The van der Waals surface area contributed by atoms with Gasteiger partial charge in [-0.3, -0.25) is 4.79 Å². The zero-order chi connectivity index (χ0) is 14.5. The Labute approximate surface area is 122 Å². The largest absolute Gasteiger partial charge is 0.484 e. The second kappa shape index (κ2) is 6.30. The third kappa shape index (κ3) is 3.65. The van der Waals surface area contributed by atoms with Crippen molar-refractivity contribution in [2.45, 2.75) is 6.92 Å². The molecule has 20 heavy (non-hydrogen) atoms. The molecular formula is C15H15ClN2O2. The van der Waals surface area contributed by atoms with Crippen LogP contribution in [0.25, 0.3) is 0 Å². The van der Waals surface area contributed by atoms with Crippen molar-refractivity contribution in [3.63, 3.8) is 0 Å². The second-order valence-electron chi connectivity index (χ2n) is 4.34. The Morgan fingerprint density at radius 2 is 2.05 bits per heavy atom. The maximum absolute atomic E-state index is 11.8. The molecule has 1 amide bonds. The van der Waals surface area contributed by atoms with E-state index in [1.807, 2.05) is 6.92 Å². The number of aryl methyl sites for hydroxylation is 1. The molecule has 0 aliphatic rings. The predicted octanol–water partition coefficient (Wildman–Crippen LogP) is 3.25. The van der Waals surface area contributed by atoms with Crippen LogP contribution in [0.4, 0.5) is 11.4 Å². The van der Waals surface area contributed by atoms with Crippen molar-refractivity contribution in [2.24, 2.45) is 0 Å². The number of nitrogens with two attached hydrogens (primary N) is 1. The van der Waals surface area contributed by atoms with E-state index in [0.29, 0.717) is 22.1 Å². The number of benzene rings is 2. The van der Waals surface area contributed by atoms with Gasteiger partial charge < -0.3 is 15.8 Å². The molecule has 2 aromatic carbocycles. The third-order valence-corrected chi connectivity index (χ3v) is 3.09. The Morgan fingerprint density at radius 1 is 1.30 bits per heavy atom. The van der Waals surface area contributed by atoms with E-state index in [4.69, 9.17) is 22.1 Å². The number of para-hydroxylation sites is 1. The number of hydrogen-bond donors (Lipinski definition) is 2. The number of nitrogens with one attached hydrogen (secondary N) is 1. The van der Waals surface area contributed by atoms with Crippen LogP contribution in [0.3, 0.4) is 0 Å². The van der Waals surface area contributed by atoms with E-state index in [9.17, 15) is 4.79 Å². The first kappa shape index (κ1) is 14.2. The smallest absolute Gasteiger partial charge is 0.262 e. The summed E-state index contributed by atoms with van der Waals surface area (Å²) < 4.78 is 5.41. The Morgan fingerprint density at radius 3 is 2.75 bits per heavy atom. The van der Waals surface area contributed by atoms with Crippen molar-refractivity contribution in [2.75, 3.05) is 17.7 Å². The SMILES string of the molecule is Cc1cc(OCC(=O)Nc2ccccc2Cl)ccc1N. The Bertz CT molecular complexity index is 629. The van der Waals surface area contributed by atoms with Gasteiger partial charge in [0.05, 0.1) is 10.7 Å². The molecule has 0 saturated carbocycles. The average molecular weight is 291 g/mol. The van der Waals surface area contributed by atoms with E-state index in [2.05, 4.69) is 5.32 Å². The highest BCUT2D eigenvalue weighted by molar-refractivity contribution is 6.33. The van der Waals surface area contributed by atoms with Gasteiger partial charge in [-0.15, -0.1) is 0 Å². The van der Waals surface area contributed by atoms with Crippen LogP contribution in [0.2, 0.25) is 5.02 Å². The van der Waals surface area contributed by atoms with Crippen LogP contribution in [0.5, 0.6) is 5.75 Å². The van der Waals surface area contributed by atoms with Crippen molar-refractivity contribution in [1.29, 1.82) is 0 Å². The lowest BCUT2D eigenvalue weighted by Crippen LogP contribution is -2.20. The maximum Gasteiger partial charge on any atom is 0.262 e. The first-order valence-electron chi connectivity index (χ1n) is 6.09. The third-order valence-electron chi connectivity index (χ3n) is 2.76. The summed E-state index contributed by atoms with van der Waals surface area (Å²) >= 11 is 5.95. The molecule has 4 nitrogen and oxygen atoms in total. The number of ether oxygens (including phenoxy) is 1. The minimum absolute atomic E-state index is 0.0887. The maximum atomic E-state index is 11.8. The van der Waals surface area contributed by atoms with Crippen LogP contribution in [0.15, 0.2) is 42.5 Å². The summed E-state index contributed by atoms with van der Waals surface area (Å²) in [5, 5.41) is 3.18. The first-order chi connectivity index (χ1) is 9.56. The summed E-state index contributed by atoms with van der Waals surface area (Å²) in [6, 6.07) is 12.3. The molecule has 0 aliphatic carbocycles. The molecule has 0 atom stereocenters. The molecule has 0 unspecified atom stereocenters. The van der Waals surface area contributed by atoms with Crippen LogP contribution in [-0.4, -0.2) is 12.5 Å². The van der Waals surface area contributed by atoms with Crippen LogP contribution >= 0.6 is 11.6 Å². The normalized spacial score (nSPS) is 10.1. The van der Waals surface area contributed by atoms with E-state index >= 15 is 0 Å². The van der Waals surface area contributed by atoms with Gasteiger partial charge in [0.25, 0.3) is 5.91 Å². The lowest BCUT2D eigenvalue weighted by molar-refractivity contribution is -0.118. The Balaban J connectivity index is 1.92. The number of halogens is 1. The molecule has 104 valence electrons. The Kier molecular flexibility index (Phi) is 4.48. The minimum Gasteiger partial charge on any atom is -0.484 e. The van der Waals surface area contributed by atoms with Gasteiger partial charge in [-0.05, 0) is 42.8 Å². The van der Waals surface area contributed by atoms with Gasteiger partial charge in [0.2, 0.25) is 0 Å². The van der Waals surface area contributed by atoms with Gasteiger partial charge in [-0.2, -0.15) is 0 Å². The summed E-state index contributed by atoms with van der Waals surface area (Å²) in [5.74, 6) is 0.332. The lowest BCUT2D eigenvalue weighted by atomic mass is 10.2. The van der Waals surface area contributed by atoms with Gasteiger partial charge in [0.15, 0.2) is 6.61 Å². The van der Waals surface area contributed by atoms with Gasteiger partial charge in [0, 0.05) is 5.69 Å². The fraction of sp³-hybridized carbons (Fsp3) is 0.133. The van der Waals surface area contributed by atoms with Crippen LogP contribution in [0, 0.1) is 6.92 Å². The van der Waals surface area contributed by atoms with Crippen molar-refractivity contribution >= 4 is 28.9 Å². The molecule has 0 heterocycles. The van der Waals surface area contributed by atoms with E-state index in [1.165, 1.54) is 0 Å². The molecule has 0 radical (unpaired) electrons. The molecule has 0 fully saturated rings. The van der Waals surface area contributed by atoms with Crippen molar-refractivity contribution in [3.05, 3.63) is 53.1 Å². The molecule has 0 aliphatic heterocycles. The van der Waals surface area contributed by atoms with Crippen LogP contribution in [0.1, 0.15) is 5.56 Å². The van der Waals surface area contributed by atoms with Gasteiger partial charge >= 0.3 is 0 Å². The summed E-state index contributed by atoms with van der Waals surface area (Å²) in [6.07, 6.45) is 0. The van der Waals surface area contributed by atoms with Crippen molar-refractivity contribution in [3.8, 4) is 5.75 Å². The topological polar surface area (TPSA) is 64.3 Å². The van der Waals surface area contributed by atoms with Crippen LogP contribution < -0.4 is 15.8 Å². The summed E-state index contributed by atoms with van der Waals surface area (Å²) in [4.78, 5) is 11.8. The van der Waals surface area contributed by atoms with E-state index in [1.54, 1.807) is 42.5 Å². The highest BCUT2D eigenvalue weighted by Gasteiger charge is 2.06. The van der Waals surface area contributed by atoms with E-state index in [-0.39, 0.29) is 12.5 Å². The summed E-state index contributed by atoms with van der Waals surface area (Å²) in [6.45, 7) is 1.79.